The van der Waals surface area contributed by atoms with E-state index in [1.807, 2.05) is 36.2 Å². The van der Waals surface area contributed by atoms with E-state index in [4.69, 9.17) is 4.74 Å². The number of nitrogens with zero attached hydrogens (tertiary/aromatic N) is 2. The van der Waals surface area contributed by atoms with Crippen molar-refractivity contribution in [2.24, 2.45) is 5.92 Å². The summed E-state index contributed by atoms with van der Waals surface area (Å²) in [5, 5.41) is 0. The zero-order valence-corrected chi connectivity index (χ0v) is 17.2. The molecule has 4 nitrogen and oxygen atoms in total. The maximum absolute atomic E-state index is 14.3. The van der Waals surface area contributed by atoms with E-state index in [2.05, 4.69) is 17.0 Å². The van der Waals surface area contributed by atoms with Crippen LogP contribution in [-0.4, -0.2) is 49.5 Å². The lowest BCUT2D eigenvalue weighted by Crippen LogP contribution is -2.49. The third kappa shape index (κ3) is 4.45. The van der Waals surface area contributed by atoms with Crippen molar-refractivity contribution in [2.75, 3.05) is 33.8 Å². The first-order valence-electron chi connectivity index (χ1n) is 10.4. The van der Waals surface area contributed by atoms with E-state index in [0.29, 0.717) is 31.0 Å². The number of hydrogen-bond acceptors (Lipinski definition) is 3. The molecule has 0 bridgehead atoms. The van der Waals surface area contributed by atoms with E-state index >= 15 is 0 Å². The molecule has 2 aromatic rings. The third-order valence-corrected chi connectivity index (χ3v) is 6.39. The molecular formula is C24H29FN2O2. The van der Waals surface area contributed by atoms with E-state index in [1.165, 1.54) is 24.5 Å². The molecule has 1 saturated heterocycles. The summed E-state index contributed by atoms with van der Waals surface area (Å²) in [5.41, 5.74) is 1.88. The van der Waals surface area contributed by atoms with Crippen molar-refractivity contribution in [3.8, 4) is 5.75 Å². The van der Waals surface area contributed by atoms with Gasteiger partial charge in [0.1, 0.15) is 11.6 Å². The normalized spacial score (nSPS) is 21.1. The second-order valence-corrected chi connectivity index (χ2v) is 8.28. The Morgan fingerprint density at radius 3 is 2.52 bits per heavy atom. The van der Waals surface area contributed by atoms with Gasteiger partial charge in [0.25, 0.3) is 0 Å². The lowest BCUT2D eigenvalue weighted by molar-refractivity contribution is -0.134. The summed E-state index contributed by atoms with van der Waals surface area (Å²) < 4.78 is 19.6. The van der Waals surface area contributed by atoms with Crippen molar-refractivity contribution in [2.45, 2.75) is 31.2 Å². The molecule has 2 unspecified atom stereocenters. The summed E-state index contributed by atoms with van der Waals surface area (Å²) in [4.78, 5) is 17.3. The van der Waals surface area contributed by atoms with Crippen molar-refractivity contribution >= 4 is 5.91 Å². The van der Waals surface area contributed by atoms with Gasteiger partial charge in [0.2, 0.25) is 5.91 Å². The van der Waals surface area contributed by atoms with Gasteiger partial charge in [0.15, 0.2) is 0 Å². The quantitative estimate of drug-likeness (QED) is 0.732. The van der Waals surface area contributed by atoms with Crippen LogP contribution >= 0.6 is 0 Å². The number of methoxy groups -OCH3 is 1. The van der Waals surface area contributed by atoms with Crippen LogP contribution in [-0.2, 0) is 4.79 Å². The standard InChI is InChI=1S/C24H29FN2O2/c1-26-13-14-27(16-23(26)20-5-3-4-6-22(20)25)24(28)15-21(17-7-8-17)18-9-11-19(29-2)12-10-18/h3-6,9-12,17,21,23H,7-8,13-16H2,1-2H3. The zero-order valence-electron chi connectivity index (χ0n) is 17.2. The predicted molar refractivity (Wildman–Crippen MR) is 111 cm³/mol. The van der Waals surface area contributed by atoms with Crippen LogP contribution in [0.25, 0.3) is 0 Å². The molecule has 154 valence electrons. The molecule has 2 aliphatic rings. The lowest BCUT2D eigenvalue weighted by atomic mass is 9.90. The zero-order chi connectivity index (χ0) is 20.4. The fraction of sp³-hybridized carbons (Fsp3) is 0.458. The Bertz CT molecular complexity index is 850. The Kier molecular flexibility index (Phi) is 5.86. The largest absolute Gasteiger partial charge is 0.497 e. The SMILES string of the molecule is COc1ccc(C(CC(=O)N2CCN(C)C(c3ccccc3F)C2)C2CC2)cc1. The Balaban J connectivity index is 1.47. The number of rotatable bonds is 6. The van der Waals surface area contributed by atoms with Gasteiger partial charge in [0, 0.05) is 31.6 Å². The molecule has 2 atom stereocenters. The van der Waals surface area contributed by atoms with Crippen LogP contribution in [0.2, 0.25) is 0 Å². The first kappa shape index (κ1) is 19.9. The van der Waals surface area contributed by atoms with E-state index < -0.39 is 0 Å². The average Bonchev–Trinajstić information content (AvgIpc) is 3.58. The van der Waals surface area contributed by atoms with E-state index in [9.17, 15) is 9.18 Å². The van der Waals surface area contributed by atoms with Crippen molar-refractivity contribution in [3.05, 3.63) is 65.5 Å². The highest BCUT2D eigenvalue weighted by atomic mass is 19.1. The molecule has 0 spiro atoms. The van der Waals surface area contributed by atoms with Gasteiger partial charge in [-0.3, -0.25) is 9.69 Å². The molecule has 0 N–H and O–H groups in total. The smallest absolute Gasteiger partial charge is 0.223 e. The fourth-order valence-electron chi connectivity index (χ4n) is 4.40. The summed E-state index contributed by atoms with van der Waals surface area (Å²) in [6, 6.07) is 14.9. The Labute approximate surface area is 172 Å². The number of benzene rings is 2. The molecule has 1 saturated carbocycles. The first-order chi connectivity index (χ1) is 14.1. The number of carbonyl (C=O) groups excluding carboxylic acids is 1. The second kappa shape index (κ2) is 8.54. The van der Waals surface area contributed by atoms with E-state index in [0.717, 1.165) is 12.3 Å². The molecule has 1 aliphatic carbocycles. The lowest BCUT2D eigenvalue weighted by Gasteiger charge is -2.40. The van der Waals surface area contributed by atoms with Gasteiger partial charge in [0.05, 0.1) is 13.2 Å². The Hall–Kier alpha value is -2.40. The highest BCUT2D eigenvalue weighted by Gasteiger charge is 2.36. The number of carbonyl (C=O) groups is 1. The average molecular weight is 397 g/mol. The van der Waals surface area contributed by atoms with Crippen LogP contribution in [0.15, 0.2) is 48.5 Å². The molecule has 0 aromatic heterocycles. The maximum atomic E-state index is 14.3. The number of likely N-dealkylation sites (N-methyl/N-ethyl adjacent to an activating group) is 1. The van der Waals surface area contributed by atoms with Crippen LogP contribution in [0.1, 0.15) is 42.3 Å². The van der Waals surface area contributed by atoms with Crippen molar-refractivity contribution in [3.63, 3.8) is 0 Å². The van der Waals surface area contributed by atoms with Crippen LogP contribution in [0.3, 0.4) is 0 Å². The number of halogens is 1. The molecule has 5 heteroatoms. The summed E-state index contributed by atoms with van der Waals surface area (Å²) in [6.45, 7) is 1.98. The van der Waals surface area contributed by atoms with E-state index in [-0.39, 0.29) is 23.7 Å². The third-order valence-electron chi connectivity index (χ3n) is 6.39. The molecule has 2 fully saturated rings. The minimum absolute atomic E-state index is 0.103. The predicted octanol–water partition coefficient (Wildman–Crippen LogP) is 4.23. The molecule has 2 aromatic carbocycles. The summed E-state index contributed by atoms with van der Waals surface area (Å²) >= 11 is 0. The van der Waals surface area contributed by atoms with Crippen molar-refractivity contribution in [1.82, 2.24) is 9.80 Å². The number of piperazine rings is 1. The molecular weight excluding hydrogens is 367 g/mol. The molecule has 4 rings (SSSR count). The number of ether oxygens (including phenoxy) is 1. The summed E-state index contributed by atoms with van der Waals surface area (Å²) in [6.07, 6.45) is 2.89. The van der Waals surface area contributed by atoms with Crippen molar-refractivity contribution < 1.29 is 13.9 Å². The van der Waals surface area contributed by atoms with Gasteiger partial charge in [-0.15, -0.1) is 0 Å². The molecule has 29 heavy (non-hydrogen) atoms. The summed E-state index contributed by atoms with van der Waals surface area (Å²) in [7, 11) is 3.67. The maximum Gasteiger partial charge on any atom is 0.223 e. The molecule has 1 amide bonds. The number of amides is 1. The van der Waals surface area contributed by atoms with Crippen LogP contribution in [0.5, 0.6) is 5.75 Å². The minimum atomic E-state index is -0.201. The van der Waals surface area contributed by atoms with Gasteiger partial charge in [-0.05, 0) is 55.5 Å². The van der Waals surface area contributed by atoms with Gasteiger partial charge in [-0.1, -0.05) is 30.3 Å². The Morgan fingerprint density at radius 1 is 1.14 bits per heavy atom. The molecule has 1 heterocycles. The van der Waals surface area contributed by atoms with Crippen LogP contribution in [0.4, 0.5) is 4.39 Å². The topological polar surface area (TPSA) is 32.8 Å². The second-order valence-electron chi connectivity index (χ2n) is 8.28. The molecule has 1 aliphatic heterocycles. The fourth-order valence-corrected chi connectivity index (χ4v) is 4.40. The first-order valence-corrected chi connectivity index (χ1v) is 10.4. The van der Waals surface area contributed by atoms with Gasteiger partial charge in [-0.2, -0.15) is 0 Å². The summed E-state index contributed by atoms with van der Waals surface area (Å²) in [5.74, 6) is 1.64. The minimum Gasteiger partial charge on any atom is -0.497 e. The monoisotopic (exact) mass is 396 g/mol. The van der Waals surface area contributed by atoms with Gasteiger partial charge < -0.3 is 9.64 Å². The highest BCUT2D eigenvalue weighted by Crippen LogP contribution is 2.45. The molecule has 0 radical (unpaired) electrons. The van der Waals surface area contributed by atoms with Gasteiger partial charge in [-0.25, -0.2) is 4.39 Å². The van der Waals surface area contributed by atoms with Crippen LogP contribution in [0, 0.1) is 11.7 Å². The van der Waals surface area contributed by atoms with Crippen molar-refractivity contribution in [1.29, 1.82) is 0 Å². The number of hydrogen-bond donors (Lipinski definition) is 0. The van der Waals surface area contributed by atoms with E-state index in [1.54, 1.807) is 13.2 Å². The Morgan fingerprint density at radius 2 is 1.86 bits per heavy atom. The highest BCUT2D eigenvalue weighted by molar-refractivity contribution is 5.77. The van der Waals surface area contributed by atoms with Crippen LogP contribution < -0.4 is 4.74 Å². The van der Waals surface area contributed by atoms with Gasteiger partial charge >= 0.3 is 0 Å².